The Morgan fingerprint density at radius 1 is 0.647 bits per heavy atom. The number of hydrogen-bond donors (Lipinski definition) is 2. The van der Waals surface area contributed by atoms with E-state index in [1.54, 1.807) is 48.5 Å². The van der Waals surface area contributed by atoms with Gasteiger partial charge in [-0.1, -0.05) is 47.5 Å². The maximum Gasteiger partial charge on any atom is 0.401 e. The molecule has 0 aliphatic heterocycles. The van der Waals surface area contributed by atoms with E-state index in [9.17, 15) is 9.59 Å². The van der Waals surface area contributed by atoms with Gasteiger partial charge in [-0.25, -0.2) is 0 Å². The zero-order chi connectivity index (χ0) is 12.5. The number of hydrogen-bond acceptors (Lipinski definition) is 2. The van der Waals surface area contributed by atoms with Crippen molar-refractivity contribution in [1.29, 1.82) is 0 Å². The van der Waals surface area contributed by atoms with Crippen molar-refractivity contribution < 1.29 is 9.59 Å². The Hall–Kier alpha value is -0.843. The van der Waals surface area contributed by atoms with Crippen molar-refractivity contribution in [3.05, 3.63) is 58.6 Å². The fourth-order valence-electron chi connectivity index (χ4n) is 1.53. The highest BCUT2D eigenvalue weighted by atomic mass is 35.5. The Labute approximate surface area is 110 Å². The number of halogens is 2. The van der Waals surface area contributed by atoms with Crippen LogP contribution in [0, 0.1) is 0 Å². The second-order valence-electron chi connectivity index (χ2n) is 3.69. The molecule has 0 fully saturated rings. The maximum absolute atomic E-state index is 10.2. The molecule has 0 unspecified atom stereocenters. The minimum atomic E-state index is -3.62. The largest absolute Gasteiger partial charge is 0.404 e. The molecule has 0 saturated heterocycles. The van der Waals surface area contributed by atoms with Crippen LogP contribution in [0.25, 0.3) is 0 Å². The van der Waals surface area contributed by atoms with E-state index in [0.29, 0.717) is 20.4 Å². The first-order valence-electron chi connectivity index (χ1n) is 4.97. The Kier molecular flexibility index (Phi) is 3.56. The van der Waals surface area contributed by atoms with Crippen LogP contribution in [-0.4, -0.2) is 18.2 Å². The lowest BCUT2D eigenvalue weighted by atomic mass is 10.4. The van der Waals surface area contributed by atoms with Crippen molar-refractivity contribution in [2.24, 2.45) is 0 Å². The molecule has 0 aliphatic rings. The second-order valence-corrected chi connectivity index (χ2v) is 7.06. The minimum Gasteiger partial charge on any atom is -0.404 e. The van der Waals surface area contributed by atoms with Gasteiger partial charge in [-0.15, -0.1) is 0 Å². The molecule has 5 heteroatoms. The zero-order valence-corrected chi connectivity index (χ0v) is 11.3. The van der Waals surface area contributed by atoms with Crippen molar-refractivity contribution in [1.82, 2.24) is 0 Å². The third kappa shape index (κ3) is 2.70. The third-order valence-corrected chi connectivity index (χ3v) is 5.27. The van der Waals surface area contributed by atoms with Gasteiger partial charge in [-0.3, -0.25) is 0 Å². The van der Waals surface area contributed by atoms with Gasteiger partial charge in [0.1, 0.15) is 0 Å². The summed E-state index contributed by atoms with van der Waals surface area (Å²) >= 11 is 11.5. The van der Waals surface area contributed by atoms with E-state index >= 15 is 0 Å². The molecule has 2 rings (SSSR count). The molecule has 0 heterocycles. The Morgan fingerprint density at radius 2 is 0.941 bits per heavy atom. The van der Waals surface area contributed by atoms with Crippen molar-refractivity contribution in [3.8, 4) is 0 Å². The van der Waals surface area contributed by atoms with Crippen LogP contribution in [0.15, 0.2) is 48.5 Å². The molecule has 0 aromatic heterocycles. The molecule has 2 nitrogen and oxygen atoms in total. The summed E-state index contributed by atoms with van der Waals surface area (Å²) in [7, 11) is -3.62. The second kappa shape index (κ2) is 4.80. The van der Waals surface area contributed by atoms with Gasteiger partial charge in [0, 0.05) is 10.0 Å². The van der Waals surface area contributed by atoms with E-state index in [4.69, 9.17) is 23.2 Å². The first-order valence-corrected chi connectivity index (χ1v) is 7.62. The number of rotatable bonds is 2. The molecule has 0 aliphatic carbocycles. The highest BCUT2D eigenvalue weighted by Gasteiger charge is 2.34. The smallest absolute Gasteiger partial charge is 0.401 e. The van der Waals surface area contributed by atoms with Crippen LogP contribution in [0.1, 0.15) is 0 Å². The summed E-state index contributed by atoms with van der Waals surface area (Å²) in [6, 6.07) is 13.1. The standard InChI is InChI=1S/C12H10Cl2O2Si/c13-9-1-5-11(6-2-9)17(15,16)12-7-3-10(14)4-8-12/h1-8,15-16H. The highest BCUT2D eigenvalue weighted by Crippen LogP contribution is 2.09. The summed E-state index contributed by atoms with van der Waals surface area (Å²) in [4.78, 5) is 20.5. The van der Waals surface area contributed by atoms with Crippen molar-refractivity contribution >= 4 is 42.1 Å². The summed E-state index contributed by atoms with van der Waals surface area (Å²) in [5.41, 5.74) is 0. The van der Waals surface area contributed by atoms with Crippen LogP contribution >= 0.6 is 23.2 Å². The van der Waals surface area contributed by atoms with Crippen LogP contribution in [-0.2, 0) is 0 Å². The number of benzene rings is 2. The zero-order valence-electron chi connectivity index (χ0n) is 8.77. The van der Waals surface area contributed by atoms with Gasteiger partial charge in [-0.05, 0) is 34.6 Å². The van der Waals surface area contributed by atoms with E-state index in [2.05, 4.69) is 0 Å². The third-order valence-electron chi connectivity index (χ3n) is 2.49. The van der Waals surface area contributed by atoms with Crippen LogP contribution in [0.3, 0.4) is 0 Å². The Bertz CT molecular complexity index is 462. The Balaban J connectivity index is 2.41. The first kappa shape index (κ1) is 12.6. The minimum absolute atomic E-state index is 0.490. The molecule has 2 N–H and O–H groups in total. The maximum atomic E-state index is 10.2. The van der Waals surface area contributed by atoms with E-state index in [1.807, 2.05) is 0 Å². The molecule has 88 valence electrons. The average molecular weight is 285 g/mol. The summed E-state index contributed by atoms with van der Waals surface area (Å²) in [5.74, 6) is 0. The SMILES string of the molecule is O[Si](O)(c1ccc(Cl)cc1)c1ccc(Cl)cc1. The topological polar surface area (TPSA) is 40.5 Å². The van der Waals surface area contributed by atoms with Crippen LogP contribution < -0.4 is 10.4 Å². The molecule has 0 atom stereocenters. The van der Waals surface area contributed by atoms with Gasteiger partial charge in [0.15, 0.2) is 0 Å². The van der Waals surface area contributed by atoms with E-state index in [-0.39, 0.29) is 0 Å². The lowest BCUT2D eigenvalue weighted by Crippen LogP contribution is -2.59. The molecule has 0 spiro atoms. The quantitative estimate of drug-likeness (QED) is 0.822. The summed E-state index contributed by atoms with van der Waals surface area (Å²) in [6.45, 7) is 0. The molecule has 2 aromatic carbocycles. The normalized spacial score (nSPS) is 11.5. The van der Waals surface area contributed by atoms with Crippen molar-refractivity contribution in [2.45, 2.75) is 0 Å². The first-order chi connectivity index (χ1) is 8.00. The van der Waals surface area contributed by atoms with E-state index in [0.717, 1.165) is 0 Å². The fourth-order valence-corrected chi connectivity index (χ4v) is 3.38. The molecule has 0 saturated carbocycles. The van der Waals surface area contributed by atoms with Gasteiger partial charge >= 0.3 is 8.56 Å². The van der Waals surface area contributed by atoms with Gasteiger partial charge in [-0.2, -0.15) is 0 Å². The molecule has 0 radical (unpaired) electrons. The van der Waals surface area contributed by atoms with Crippen molar-refractivity contribution in [3.63, 3.8) is 0 Å². The Morgan fingerprint density at radius 3 is 1.24 bits per heavy atom. The monoisotopic (exact) mass is 284 g/mol. The fraction of sp³-hybridized carbons (Fsp3) is 0. The van der Waals surface area contributed by atoms with Gasteiger partial charge < -0.3 is 9.59 Å². The summed E-state index contributed by atoms with van der Waals surface area (Å²) < 4.78 is 0. The average Bonchev–Trinajstić information content (AvgIpc) is 2.30. The van der Waals surface area contributed by atoms with Crippen LogP contribution in [0.5, 0.6) is 0 Å². The molecule has 0 amide bonds. The van der Waals surface area contributed by atoms with Gasteiger partial charge in [0.2, 0.25) is 0 Å². The lowest BCUT2D eigenvalue weighted by molar-refractivity contribution is 0.401. The van der Waals surface area contributed by atoms with Crippen LogP contribution in [0.2, 0.25) is 10.0 Å². The van der Waals surface area contributed by atoms with E-state index in [1.165, 1.54) is 0 Å². The van der Waals surface area contributed by atoms with Crippen molar-refractivity contribution in [2.75, 3.05) is 0 Å². The molecule has 0 bridgehead atoms. The molecule has 17 heavy (non-hydrogen) atoms. The molecular formula is C12H10Cl2O2Si. The molecule has 2 aromatic rings. The van der Waals surface area contributed by atoms with E-state index < -0.39 is 8.56 Å². The molecular weight excluding hydrogens is 275 g/mol. The highest BCUT2D eigenvalue weighted by molar-refractivity contribution is 6.90. The lowest BCUT2D eigenvalue weighted by Gasteiger charge is -2.18. The van der Waals surface area contributed by atoms with Gasteiger partial charge in [0.25, 0.3) is 0 Å². The predicted octanol–water partition coefficient (Wildman–Crippen LogP) is 1.53. The summed E-state index contributed by atoms with van der Waals surface area (Å²) in [5, 5.41) is 2.11. The predicted molar refractivity (Wildman–Crippen MR) is 72.4 cm³/mol. The van der Waals surface area contributed by atoms with Gasteiger partial charge in [0.05, 0.1) is 0 Å². The summed E-state index contributed by atoms with van der Waals surface area (Å²) in [6.07, 6.45) is 0. The van der Waals surface area contributed by atoms with Crippen LogP contribution in [0.4, 0.5) is 0 Å².